The summed E-state index contributed by atoms with van der Waals surface area (Å²) in [6, 6.07) is 24.0. The monoisotopic (exact) mass is 381 g/mol. The summed E-state index contributed by atoms with van der Waals surface area (Å²) in [5.41, 5.74) is 4.47. The third-order valence-corrected chi connectivity index (χ3v) is 5.97. The van der Waals surface area contributed by atoms with Gasteiger partial charge in [-0.2, -0.15) is 5.10 Å². The van der Waals surface area contributed by atoms with Crippen molar-refractivity contribution in [3.8, 4) is 5.75 Å². The lowest BCUT2D eigenvalue weighted by Crippen LogP contribution is -2.55. The minimum absolute atomic E-state index is 0.0626. The molecule has 2 atom stereocenters. The van der Waals surface area contributed by atoms with Crippen LogP contribution in [0.25, 0.3) is 0 Å². The highest BCUT2D eigenvalue weighted by molar-refractivity contribution is 6.07. The van der Waals surface area contributed by atoms with Crippen molar-refractivity contribution in [3.63, 3.8) is 0 Å². The van der Waals surface area contributed by atoms with Crippen LogP contribution >= 0.6 is 0 Å². The van der Waals surface area contributed by atoms with Crippen LogP contribution in [0.2, 0.25) is 0 Å². The van der Waals surface area contributed by atoms with Crippen LogP contribution in [0.3, 0.4) is 0 Å². The Hall–Kier alpha value is -3.60. The van der Waals surface area contributed by atoms with Crippen LogP contribution in [0.1, 0.15) is 34.7 Å². The third kappa shape index (κ3) is 2.15. The zero-order valence-electron chi connectivity index (χ0n) is 15.9. The van der Waals surface area contributed by atoms with Gasteiger partial charge in [0.25, 0.3) is 5.91 Å². The Morgan fingerprint density at radius 2 is 1.86 bits per heavy atom. The van der Waals surface area contributed by atoms with Gasteiger partial charge in [-0.25, -0.2) is 5.01 Å². The van der Waals surface area contributed by atoms with E-state index in [1.54, 1.807) is 0 Å². The van der Waals surface area contributed by atoms with E-state index in [4.69, 9.17) is 9.84 Å². The molecule has 1 spiro atoms. The number of anilines is 1. The van der Waals surface area contributed by atoms with Gasteiger partial charge in [0.1, 0.15) is 5.75 Å². The number of aryl methyl sites for hydroxylation is 1. The summed E-state index contributed by atoms with van der Waals surface area (Å²) < 4.78 is 6.48. The third-order valence-electron chi connectivity index (χ3n) is 5.97. The number of hydrazone groups is 1. The minimum atomic E-state index is -1.29. The van der Waals surface area contributed by atoms with E-state index in [9.17, 15) is 4.79 Å². The van der Waals surface area contributed by atoms with Gasteiger partial charge < -0.3 is 10.1 Å². The maximum atomic E-state index is 13.4. The highest BCUT2D eigenvalue weighted by atomic mass is 16.5. The van der Waals surface area contributed by atoms with Crippen molar-refractivity contribution >= 4 is 17.3 Å². The Balaban J connectivity index is 1.59. The molecule has 3 aliphatic heterocycles. The van der Waals surface area contributed by atoms with Crippen molar-refractivity contribution < 1.29 is 9.53 Å². The SMILES string of the molecule is Cc1ccc2c(c1)[C@@]1(Oc3ccccc3[C@H]3CC(c4ccccc4)=NN31)C(=O)N2. The molecule has 0 fully saturated rings. The van der Waals surface area contributed by atoms with E-state index in [1.807, 2.05) is 66.5 Å². The number of hydrogen-bond acceptors (Lipinski definition) is 4. The van der Waals surface area contributed by atoms with Crippen molar-refractivity contribution in [1.29, 1.82) is 0 Å². The topological polar surface area (TPSA) is 53.9 Å². The first-order valence-corrected chi connectivity index (χ1v) is 9.79. The van der Waals surface area contributed by atoms with Gasteiger partial charge in [0.2, 0.25) is 0 Å². The number of fused-ring (bicyclic) bond motifs is 6. The number of amides is 1. The molecule has 0 aliphatic carbocycles. The number of carbonyl (C=O) groups excluding carboxylic acids is 1. The van der Waals surface area contributed by atoms with Crippen molar-refractivity contribution in [2.45, 2.75) is 25.1 Å². The number of nitrogens with zero attached hydrogens (tertiary/aromatic N) is 2. The molecule has 0 aromatic heterocycles. The summed E-state index contributed by atoms with van der Waals surface area (Å²) in [6.07, 6.45) is 0.723. The second kappa shape index (κ2) is 5.70. The van der Waals surface area contributed by atoms with E-state index in [0.29, 0.717) is 0 Å². The standard InChI is InChI=1S/C24H19N3O2/c1-15-11-12-19-18(13-15)24(23(28)25-19)27-21(17-9-5-6-10-22(17)29-24)14-20(26-27)16-7-3-2-4-8-16/h2-13,21H,14H2,1H3,(H,25,28)/t21-,24-/m1/s1. The Morgan fingerprint density at radius 1 is 1.07 bits per heavy atom. The van der Waals surface area contributed by atoms with E-state index in [0.717, 1.165) is 45.8 Å². The van der Waals surface area contributed by atoms with Crippen molar-refractivity contribution in [3.05, 3.63) is 95.1 Å². The van der Waals surface area contributed by atoms with E-state index >= 15 is 0 Å². The van der Waals surface area contributed by atoms with Crippen molar-refractivity contribution in [2.24, 2.45) is 5.10 Å². The van der Waals surface area contributed by atoms with Crippen LogP contribution in [0.15, 0.2) is 77.9 Å². The van der Waals surface area contributed by atoms with E-state index < -0.39 is 5.72 Å². The van der Waals surface area contributed by atoms with Gasteiger partial charge in [0.05, 0.1) is 23.0 Å². The molecule has 3 aromatic carbocycles. The number of rotatable bonds is 1. The molecule has 1 amide bonds. The number of nitrogens with one attached hydrogen (secondary N) is 1. The Morgan fingerprint density at radius 3 is 2.72 bits per heavy atom. The molecule has 3 aliphatic rings. The number of ether oxygens (including phenoxy) is 1. The molecule has 1 N–H and O–H groups in total. The summed E-state index contributed by atoms with van der Waals surface area (Å²) in [4.78, 5) is 13.4. The highest BCUT2D eigenvalue weighted by Crippen LogP contribution is 2.54. The zero-order valence-corrected chi connectivity index (χ0v) is 15.9. The molecule has 3 aromatic rings. The molecule has 0 bridgehead atoms. The predicted octanol–water partition coefficient (Wildman–Crippen LogP) is 4.34. The lowest BCUT2D eigenvalue weighted by Gasteiger charge is -2.44. The van der Waals surface area contributed by atoms with E-state index in [1.165, 1.54) is 0 Å². The fourth-order valence-electron chi connectivity index (χ4n) is 4.61. The smallest absolute Gasteiger partial charge is 0.306 e. The summed E-state index contributed by atoms with van der Waals surface area (Å²) in [6.45, 7) is 2.02. The normalized spacial score (nSPS) is 23.8. The van der Waals surface area contributed by atoms with Crippen LogP contribution in [0.5, 0.6) is 5.75 Å². The lowest BCUT2D eigenvalue weighted by molar-refractivity contribution is -0.161. The number of benzene rings is 3. The van der Waals surface area contributed by atoms with E-state index in [-0.39, 0.29) is 11.9 Å². The van der Waals surface area contributed by atoms with Gasteiger partial charge in [-0.15, -0.1) is 0 Å². The molecule has 5 heteroatoms. The largest absolute Gasteiger partial charge is 0.453 e. The first-order valence-electron chi connectivity index (χ1n) is 9.79. The van der Waals surface area contributed by atoms with Crippen LogP contribution in [0.4, 0.5) is 5.69 Å². The molecule has 0 radical (unpaired) electrons. The molecule has 29 heavy (non-hydrogen) atoms. The summed E-state index contributed by atoms with van der Waals surface area (Å²) in [5, 5.41) is 9.84. The Bertz CT molecular complexity index is 1190. The van der Waals surface area contributed by atoms with Crippen molar-refractivity contribution in [1.82, 2.24) is 5.01 Å². The maximum Gasteiger partial charge on any atom is 0.306 e. The molecule has 3 heterocycles. The fourth-order valence-corrected chi connectivity index (χ4v) is 4.61. The summed E-state index contributed by atoms with van der Waals surface area (Å²) in [5.74, 6) is 0.540. The maximum absolute atomic E-state index is 13.4. The van der Waals surface area contributed by atoms with Crippen LogP contribution in [-0.2, 0) is 10.5 Å². The number of para-hydroxylation sites is 1. The Labute approximate surface area is 168 Å². The summed E-state index contributed by atoms with van der Waals surface area (Å²) >= 11 is 0. The van der Waals surface area contributed by atoms with Gasteiger partial charge in [0, 0.05) is 12.0 Å². The van der Waals surface area contributed by atoms with Gasteiger partial charge >= 0.3 is 5.72 Å². The molecule has 142 valence electrons. The molecule has 6 rings (SSSR count). The molecule has 0 unspecified atom stereocenters. The first kappa shape index (κ1) is 16.4. The second-order valence-electron chi connectivity index (χ2n) is 7.76. The molecular formula is C24H19N3O2. The lowest BCUT2D eigenvalue weighted by atomic mass is 9.92. The van der Waals surface area contributed by atoms with Crippen LogP contribution in [-0.4, -0.2) is 16.6 Å². The molecule has 5 nitrogen and oxygen atoms in total. The number of hydrogen-bond donors (Lipinski definition) is 1. The van der Waals surface area contributed by atoms with Crippen molar-refractivity contribution in [2.75, 3.05) is 5.32 Å². The quantitative estimate of drug-likeness (QED) is 0.682. The molecule has 0 saturated carbocycles. The van der Waals surface area contributed by atoms with Gasteiger partial charge in [-0.05, 0) is 30.7 Å². The van der Waals surface area contributed by atoms with Gasteiger partial charge in [-0.3, -0.25) is 4.79 Å². The van der Waals surface area contributed by atoms with Gasteiger partial charge in [0.15, 0.2) is 0 Å². The van der Waals surface area contributed by atoms with Crippen LogP contribution in [0, 0.1) is 6.92 Å². The van der Waals surface area contributed by atoms with E-state index in [2.05, 4.69) is 23.5 Å². The molecule has 0 saturated heterocycles. The molecular weight excluding hydrogens is 362 g/mol. The first-order chi connectivity index (χ1) is 14.2. The van der Waals surface area contributed by atoms with Gasteiger partial charge in [-0.1, -0.05) is 60.2 Å². The zero-order chi connectivity index (χ0) is 19.6. The summed E-state index contributed by atoms with van der Waals surface area (Å²) in [7, 11) is 0. The second-order valence-corrected chi connectivity index (χ2v) is 7.76. The predicted molar refractivity (Wildman–Crippen MR) is 111 cm³/mol. The highest BCUT2D eigenvalue weighted by Gasteiger charge is 2.60. The fraction of sp³-hybridized carbons (Fsp3) is 0.167. The number of carbonyl (C=O) groups is 1. The average Bonchev–Trinajstić information content (AvgIpc) is 3.31. The van der Waals surface area contributed by atoms with Crippen LogP contribution < -0.4 is 10.1 Å². The average molecular weight is 381 g/mol. The Kier molecular flexibility index (Phi) is 3.22. The minimum Gasteiger partial charge on any atom is -0.453 e.